The van der Waals surface area contributed by atoms with Crippen molar-refractivity contribution in [2.24, 2.45) is 0 Å². The molecule has 0 saturated carbocycles. The predicted octanol–water partition coefficient (Wildman–Crippen LogP) is 4.18. The predicted molar refractivity (Wildman–Crippen MR) is 122 cm³/mol. The monoisotopic (exact) mass is 438 g/mol. The van der Waals surface area contributed by atoms with E-state index in [-0.39, 0.29) is 10.8 Å². The van der Waals surface area contributed by atoms with E-state index in [0.29, 0.717) is 24.4 Å². The Hall–Kier alpha value is -3.32. The fourth-order valence-corrected chi connectivity index (χ4v) is 4.41. The van der Waals surface area contributed by atoms with Crippen molar-refractivity contribution in [2.45, 2.75) is 18.4 Å². The molecule has 0 fully saturated rings. The molecule has 0 unspecified atom stereocenters. The van der Waals surface area contributed by atoms with Crippen molar-refractivity contribution in [1.29, 1.82) is 0 Å². The van der Waals surface area contributed by atoms with Gasteiger partial charge in [0.1, 0.15) is 5.75 Å². The lowest BCUT2D eigenvalue weighted by molar-refractivity contribution is 0.0784. The third kappa shape index (κ3) is 5.06. The summed E-state index contributed by atoms with van der Waals surface area (Å²) in [4.78, 5) is 14.8. The van der Waals surface area contributed by atoms with Crippen molar-refractivity contribution < 1.29 is 17.9 Å². The molecule has 0 bridgehead atoms. The smallest absolute Gasteiger partial charge is 0.264 e. The Kier molecular flexibility index (Phi) is 6.97. The highest BCUT2D eigenvalue weighted by Crippen LogP contribution is 2.24. The third-order valence-corrected chi connectivity index (χ3v) is 6.68. The zero-order chi connectivity index (χ0) is 22.4. The maximum absolute atomic E-state index is 13.0. The average Bonchev–Trinajstić information content (AvgIpc) is 2.80. The zero-order valence-electron chi connectivity index (χ0n) is 17.9. The first-order chi connectivity index (χ1) is 14.8. The summed E-state index contributed by atoms with van der Waals surface area (Å²) in [6.07, 6.45) is 0. The number of rotatable bonds is 8. The van der Waals surface area contributed by atoms with Gasteiger partial charge in [-0.15, -0.1) is 0 Å². The fourth-order valence-electron chi connectivity index (χ4n) is 3.20. The summed E-state index contributed by atoms with van der Waals surface area (Å²) in [7, 11) is -0.533. The molecule has 0 radical (unpaired) electrons. The summed E-state index contributed by atoms with van der Waals surface area (Å²) < 4.78 is 32.6. The molecule has 1 amide bonds. The highest BCUT2D eigenvalue weighted by atomic mass is 32.2. The number of para-hydroxylation sites is 1. The molecule has 3 aromatic carbocycles. The Bertz CT molecular complexity index is 1150. The van der Waals surface area contributed by atoms with Gasteiger partial charge in [0.15, 0.2) is 0 Å². The zero-order valence-corrected chi connectivity index (χ0v) is 18.7. The Balaban J connectivity index is 1.82. The van der Waals surface area contributed by atoms with Gasteiger partial charge in [-0.05, 0) is 43.3 Å². The van der Waals surface area contributed by atoms with Gasteiger partial charge >= 0.3 is 0 Å². The van der Waals surface area contributed by atoms with E-state index < -0.39 is 10.0 Å². The van der Waals surface area contributed by atoms with E-state index in [1.165, 1.54) is 11.4 Å². The summed E-state index contributed by atoms with van der Waals surface area (Å²) in [6, 6.07) is 22.4. The van der Waals surface area contributed by atoms with Crippen LogP contribution in [0.1, 0.15) is 22.8 Å². The molecule has 0 N–H and O–H groups in total. The molecule has 0 aromatic heterocycles. The maximum Gasteiger partial charge on any atom is 0.264 e. The average molecular weight is 439 g/mol. The van der Waals surface area contributed by atoms with Crippen LogP contribution < -0.4 is 9.04 Å². The number of carbonyl (C=O) groups is 1. The minimum absolute atomic E-state index is 0.193. The van der Waals surface area contributed by atoms with Crippen LogP contribution in [0.2, 0.25) is 0 Å². The highest BCUT2D eigenvalue weighted by Gasteiger charge is 2.22. The van der Waals surface area contributed by atoms with Crippen LogP contribution in [-0.4, -0.2) is 39.9 Å². The highest BCUT2D eigenvalue weighted by molar-refractivity contribution is 7.92. The van der Waals surface area contributed by atoms with Crippen LogP contribution in [0.3, 0.4) is 0 Å². The van der Waals surface area contributed by atoms with Crippen LogP contribution in [0, 0.1) is 0 Å². The number of nitrogens with zero attached hydrogens (tertiary/aromatic N) is 2. The Labute approximate surface area is 183 Å². The number of hydrogen-bond acceptors (Lipinski definition) is 4. The molecule has 0 saturated heterocycles. The van der Waals surface area contributed by atoms with Gasteiger partial charge in [-0.25, -0.2) is 8.42 Å². The van der Waals surface area contributed by atoms with Gasteiger partial charge in [0, 0.05) is 31.8 Å². The maximum atomic E-state index is 13.0. The summed E-state index contributed by atoms with van der Waals surface area (Å²) in [5.41, 5.74) is 1.72. The van der Waals surface area contributed by atoms with Crippen LogP contribution in [-0.2, 0) is 16.6 Å². The number of amides is 1. The van der Waals surface area contributed by atoms with Gasteiger partial charge in [0.05, 0.1) is 17.2 Å². The lowest BCUT2D eigenvalue weighted by Gasteiger charge is -2.22. The van der Waals surface area contributed by atoms with E-state index in [1.807, 2.05) is 31.2 Å². The second kappa shape index (κ2) is 9.66. The van der Waals surface area contributed by atoms with Gasteiger partial charge in [0.2, 0.25) is 0 Å². The van der Waals surface area contributed by atoms with Gasteiger partial charge in [-0.2, -0.15) is 0 Å². The largest absolute Gasteiger partial charge is 0.494 e. The quantitative estimate of drug-likeness (QED) is 0.529. The molecule has 0 aliphatic rings. The normalized spacial score (nSPS) is 11.1. The molecule has 0 heterocycles. The van der Waals surface area contributed by atoms with Crippen molar-refractivity contribution in [3.8, 4) is 5.75 Å². The molecule has 0 atom stereocenters. The molecule has 0 aliphatic carbocycles. The molecular weight excluding hydrogens is 412 g/mol. The van der Waals surface area contributed by atoms with Crippen LogP contribution in [0.5, 0.6) is 5.75 Å². The van der Waals surface area contributed by atoms with Crippen LogP contribution in [0.15, 0.2) is 83.8 Å². The number of ether oxygens (including phenoxy) is 1. The summed E-state index contributed by atoms with van der Waals surface area (Å²) in [6.45, 7) is 2.83. The lowest BCUT2D eigenvalue weighted by Crippen LogP contribution is -2.28. The van der Waals surface area contributed by atoms with Gasteiger partial charge in [0.25, 0.3) is 15.9 Å². The van der Waals surface area contributed by atoms with E-state index in [9.17, 15) is 13.2 Å². The van der Waals surface area contributed by atoms with Gasteiger partial charge in [-0.1, -0.05) is 42.5 Å². The van der Waals surface area contributed by atoms with Crippen LogP contribution in [0.25, 0.3) is 0 Å². The summed E-state index contributed by atoms with van der Waals surface area (Å²) in [5, 5.41) is 0. The molecule has 3 aromatic rings. The van der Waals surface area contributed by atoms with Crippen LogP contribution in [0.4, 0.5) is 5.69 Å². The minimum atomic E-state index is -3.72. The topological polar surface area (TPSA) is 66.9 Å². The SMILES string of the molecule is CCOc1ccccc1CN(C)C(=O)c1cccc(N(C)S(=O)(=O)c2ccccc2)c1. The Morgan fingerprint density at radius 1 is 0.903 bits per heavy atom. The fraction of sp³-hybridized carbons (Fsp3) is 0.208. The molecule has 3 rings (SSSR count). The molecule has 0 spiro atoms. The Morgan fingerprint density at radius 3 is 2.29 bits per heavy atom. The molecule has 162 valence electrons. The second-order valence-corrected chi connectivity index (χ2v) is 9.01. The number of carbonyl (C=O) groups excluding carboxylic acids is 1. The van der Waals surface area contributed by atoms with Crippen molar-refractivity contribution in [2.75, 3.05) is 25.0 Å². The molecule has 7 heteroatoms. The van der Waals surface area contributed by atoms with E-state index in [1.54, 1.807) is 66.5 Å². The lowest BCUT2D eigenvalue weighted by atomic mass is 10.1. The molecule has 31 heavy (non-hydrogen) atoms. The van der Waals surface area contributed by atoms with Gasteiger partial charge < -0.3 is 9.64 Å². The van der Waals surface area contributed by atoms with Crippen molar-refractivity contribution in [1.82, 2.24) is 4.90 Å². The van der Waals surface area contributed by atoms with E-state index in [0.717, 1.165) is 11.3 Å². The number of benzene rings is 3. The van der Waals surface area contributed by atoms with E-state index in [4.69, 9.17) is 4.74 Å². The first-order valence-electron chi connectivity index (χ1n) is 9.94. The number of sulfonamides is 1. The first kappa shape index (κ1) is 22.4. The van der Waals surface area contributed by atoms with E-state index in [2.05, 4.69) is 0 Å². The minimum Gasteiger partial charge on any atom is -0.494 e. The molecule has 0 aliphatic heterocycles. The van der Waals surface area contributed by atoms with Crippen molar-refractivity contribution >= 4 is 21.6 Å². The van der Waals surface area contributed by atoms with Crippen molar-refractivity contribution in [3.05, 3.63) is 90.0 Å². The number of anilines is 1. The van der Waals surface area contributed by atoms with Gasteiger partial charge in [-0.3, -0.25) is 9.10 Å². The molecule has 6 nitrogen and oxygen atoms in total. The third-order valence-electron chi connectivity index (χ3n) is 4.88. The van der Waals surface area contributed by atoms with Crippen LogP contribution >= 0.6 is 0 Å². The van der Waals surface area contributed by atoms with E-state index >= 15 is 0 Å². The van der Waals surface area contributed by atoms with Crippen molar-refractivity contribution in [3.63, 3.8) is 0 Å². The number of hydrogen-bond donors (Lipinski definition) is 0. The summed E-state index contributed by atoms with van der Waals surface area (Å²) >= 11 is 0. The standard InChI is InChI=1S/C24H26N2O4S/c1-4-30-23-16-9-8-11-20(23)18-25(2)24(27)19-12-10-13-21(17-19)26(3)31(28,29)22-14-6-5-7-15-22/h5-17H,4,18H2,1-3H3. The summed E-state index contributed by atoms with van der Waals surface area (Å²) in [5.74, 6) is 0.533. The Morgan fingerprint density at radius 2 is 1.58 bits per heavy atom. The molecular formula is C24H26N2O4S. The first-order valence-corrected chi connectivity index (χ1v) is 11.4. The second-order valence-electron chi connectivity index (χ2n) is 7.04.